The van der Waals surface area contributed by atoms with Gasteiger partial charge < -0.3 is 15.0 Å². The van der Waals surface area contributed by atoms with Crippen LogP contribution in [0.3, 0.4) is 0 Å². The molecule has 0 bridgehead atoms. The number of nitrogens with one attached hydrogen (secondary N) is 1. The number of piperidine rings is 1. The van der Waals surface area contributed by atoms with Crippen molar-refractivity contribution in [3.63, 3.8) is 0 Å². The first kappa shape index (κ1) is 19.9. The van der Waals surface area contributed by atoms with Crippen LogP contribution in [0.5, 0.6) is 0 Å². The summed E-state index contributed by atoms with van der Waals surface area (Å²) in [6.07, 6.45) is 2.30. The van der Waals surface area contributed by atoms with Gasteiger partial charge in [-0.25, -0.2) is 0 Å². The lowest BCUT2D eigenvalue weighted by molar-refractivity contribution is -0.146. The molecule has 1 aliphatic rings. The van der Waals surface area contributed by atoms with E-state index in [1.807, 2.05) is 41.3 Å². The molecule has 1 aliphatic heterocycles. The lowest BCUT2D eigenvalue weighted by Crippen LogP contribution is -2.40. The van der Waals surface area contributed by atoms with E-state index >= 15 is 0 Å². The summed E-state index contributed by atoms with van der Waals surface area (Å²) in [7, 11) is 1.41. The number of carbonyl (C=O) groups excluding carboxylic acids is 2. The van der Waals surface area contributed by atoms with Gasteiger partial charge in [-0.2, -0.15) is 0 Å². The van der Waals surface area contributed by atoms with Crippen molar-refractivity contribution >= 4 is 17.6 Å². The molecule has 0 unspecified atom stereocenters. The van der Waals surface area contributed by atoms with E-state index in [4.69, 9.17) is 4.74 Å². The third kappa shape index (κ3) is 4.71. The SMILES string of the molecule is CCc1ccccc1NCc1cccc(C(=O)N2CCC(C(=O)OC)CC2)c1. The molecule has 0 spiro atoms. The highest BCUT2D eigenvalue weighted by Crippen LogP contribution is 2.21. The molecule has 0 aromatic heterocycles. The number of nitrogens with zero attached hydrogens (tertiary/aromatic N) is 1. The Labute approximate surface area is 166 Å². The molecular formula is C23H28N2O3. The molecule has 0 aliphatic carbocycles. The van der Waals surface area contributed by atoms with Crippen molar-refractivity contribution in [1.29, 1.82) is 0 Å². The smallest absolute Gasteiger partial charge is 0.308 e. The predicted octanol–water partition coefficient (Wildman–Crippen LogP) is 3.89. The van der Waals surface area contributed by atoms with Crippen LogP contribution in [0.1, 0.15) is 41.3 Å². The maximum Gasteiger partial charge on any atom is 0.308 e. The van der Waals surface area contributed by atoms with E-state index < -0.39 is 0 Å². The second-order valence-electron chi connectivity index (χ2n) is 7.15. The Morgan fingerprint density at radius 2 is 1.86 bits per heavy atom. The number of esters is 1. The van der Waals surface area contributed by atoms with E-state index in [2.05, 4.69) is 24.4 Å². The topological polar surface area (TPSA) is 58.6 Å². The quantitative estimate of drug-likeness (QED) is 0.773. The summed E-state index contributed by atoms with van der Waals surface area (Å²) in [5.74, 6) is -0.241. The minimum atomic E-state index is -0.174. The summed E-state index contributed by atoms with van der Waals surface area (Å²) in [6, 6.07) is 16.1. The van der Waals surface area contributed by atoms with Crippen molar-refractivity contribution in [2.24, 2.45) is 5.92 Å². The molecule has 5 nitrogen and oxygen atoms in total. The number of hydrogen-bond donors (Lipinski definition) is 1. The summed E-state index contributed by atoms with van der Waals surface area (Å²) in [5.41, 5.74) is 4.18. The fourth-order valence-corrected chi connectivity index (χ4v) is 3.68. The van der Waals surface area contributed by atoms with Crippen LogP contribution in [0, 0.1) is 5.92 Å². The lowest BCUT2D eigenvalue weighted by Gasteiger charge is -2.30. The number of anilines is 1. The second-order valence-corrected chi connectivity index (χ2v) is 7.15. The van der Waals surface area contributed by atoms with Gasteiger partial charge in [0.1, 0.15) is 0 Å². The van der Waals surface area contributed by atoms with Crippen molar-refractivity contribution in [2.75, 3.05) is 25.5 Å². The monoisotopic (exact) mass is 380 g/mol. The maximum absolute atomic E-state index is 12.9. The number of likely N-dealkylation sites (tertiary alicyclic amines) is 1. The van der Waals surface area contributed by atoms with Crippen LogP contribution < -0.4 is 5.32 Å². The second kappa shape index (κ2) is 9.40. The highest BCUT2D eigenvalue weighted by atomic mass is 16.5. The molecule has 3 rings (SSSR count). The van der Waals surface area contributed by atoms with Crippen LogP contribution >= 0.6 is 0 Å². The van der Waals surface area contributed by atoms with Gasteiger partial charge in [0.05, 0.1) is 13.0 Å². The van der Waals surface area contributed by atoms with Gasteiger partial charge in [0.15, 0.2) is 0 Å². The Kier molecular flexibility index (Phi) is 6.69. The molecule has 1 N–H and O–H groups in total. The molecule has 0 atom stereocenters. The third-order valence-corrected chi connectivity index (χ3v) is 5.37. The molecule has 1 amide bonds. The summed E-state index contributed by atoms with van der Waals surface area (Å²) >= 11 is 0. The first-order valence-corrected chi connectivity index (χ1v) is 9.90. The van der Waals surface area contributed by atoms with Crippen molar-refractivity contribution < 1.29 is 14.3 Å². The van der Waals surface area contributed by atoms with Crippen molar-refractivity contribution in [1.82, 2.24) is 4.90 Å². The first-order chi connectivity index (χ1) is 13.6. The zero-order chi connectivity index (χ0) is 19.9. The number of carbonyl (C=O) groups is 2. The van der Waals surface area contributed by atoms with E-state index in [0.29, 0.717) is 38.0 Å². The van der Waals surface area contributed by atoms with Gasteiger partial charge in [0.25, 0.3) is 5.91 Å². The summed E-state index contributed by atoms with van der Waals surface area (Å²) in [6.45, 7) is 3.99. The van der Waals surface area contributed by atoms with E-state index in [9.17, 15) is 9.59 Å². The Balaban J connectivity index is 1.61. The molecule has 2 aromatic carbocycles. The third-order valence-electron chi connectivity index (χ3n) is 5.37. The average molecular weight is 380 g/mol. The van der Waals surface area contributed by atoms with Gasteiger partial charge >= 0.3 is 5.97 Å². The van der Waals surface area contributed by atoms with Crippen LogP contribution in [0.15, 0.2) is 48.5 Å². The van der Waals surface area contributed by atoms with E-state index in [1.165, 1.54) is 12.7 Å². The zero-order valence-corrected chi connectivity index (χ0v) is 16.6. The largest absolute Gasteiger partial charge is 0.469 e. The van der Waals surface area contributed by atoms with Crippen LogP contribution in [0.4, 0.5) is 5.69 Å². The first-order valence-electron chi connectivity index (χ1n) is 9.90. The Bertz CT molecular complexity index is 826. The van der Waals surface area contributed by atoms with Crippen molar-refractivity contribution in [3.05, 3.63) is 65.2 Å². The Morgan fingerprint density at radius 3 is 2.57 bits per heavy atom. The number of amides is 1. The van der Waals surface area contributed by atoms with Gasteiger partial charge in [-0.3, -0.25) is 9.59 Å². The fourth-order valence-electron chi connectivity index (χ4n) is 3.68. The molecule has 0 radical (unpaired) electrons. The molecule has 2 aromatic rings. The van der Waals surface area contributed by atoms with Crippen LogP contribution in [0.25, 0.3) is 0 Å². The molecule has 0 saturated carbocycles. The standard InChI is InChI=1S/C23H28N2O3/c1-3-18-8-4-5-10-21(18)24-16-17-7-6-9-20(15-17)22(26)25-13-11-19(12-14-25)23(27)28-2/h4-10,15,19,24H,3,11-14,16H2,1-2H3. The number of ether oxygens (including phenoxy) is 1. The Hall–Kier alpha value is -2.82. The molecular weight excluding hydrogens is 352 g/mol. The summed E-state index contributed by atoms with van der Waals surface area (Å²) in [4.78, 5) is 26.4. The van der Waals surface area contributed by atoms with Gasteiger partial charge in [0, 0.05) is 30.9 Å². The number of aryl methyl sites for hydroxylation is 1. The van der Waals surface area contributed by atoms with E-state index in [1.54, 1.807) is 0 Å². The molecule has 28 heavy (non-hydrogen) atoms. The van der Waals surface area contributed by atoms with Gasteiger partial charge in [0.2, 0.25) is 0 Å². The number of para-hydroxylation sites is 1. The van der Waals surface area contributed by atoms with Crippen molar-refractivity contribution in [2.45, 2.75) is 32.7 Å². The predicted molar refractivity (Wildman–Crippen MR) is 110 cm³/mol. The zero-order valence-electron chi connectivity index (χ0n) is 16.6. The van der Waals surface area contributed by atoms with Crippen LogP contribution in [0.2, 0.25) is 0 Å². The molecule has 1 heterocycles. The minimum Gasteiger partial charge on any atom is -0.469 e. The van der Waals surface area contributed by atoms with Gasteiger partial charge in [-0.05, 0) is 48.6 Å². The number of methoxy groups -OCH3 is 1. The lowest BCUT2D eigenvalue weighted by atomic mass is 9.96. The minimum absolute atomic E-state index is 0.0270. The molecule has 5 heteroatoms. The van der Waals surface area contributed by atoms with Gasteiger partial charge in [-0.15, -0.1) is 0 Å². The average Bonchev–Trinajstić information content (AvgIpc) is 2.77. The highest BCUT2D eigenvalue weighted by Gasteiger charge is 2.28. The van der Waals surface area contributed by atoms with E-state index in [-0.39, 0.29) is 17.8 Å². The Morgan fingerprint density at radius 1 is 1.11 bits per heavy atom. The van der Waals surface area contributed by atoms with Crippen molar-refractivity contribution in [3.8, 4) is 0 Å². The van der Waals surface area contributed by atoms with Crippen LogP contribution in [-0.2, 0) is 22.5 Å². The van der Waals surface area contributed by atoms with Crippen LogP contribution in [-0.4, -0.2) is 37.0 Å². The summed E-state index contributed by atoms with van der Waals surface area (Å²) in [5, 5.41) is 3.47. The fraction of sp³-hybridized carbons (Fsp3) is 0.391. The normalized spacial score (nSPS) is 14.6. The molecule has 148 valence electrons. The number of benzene rings is 2. The van der Waals surface area contributed by atoms with Gasteiger partial charge in [-0.1, -0.05) is 37.3 Å². The maximum atomic E-state index is 12.9. The number of hydrogen-bond acceptors (Lipinski definition) is 4. The summed E-state index contributed by atoms with van der Waals surface area (Å²) < 4.78 is 4.82. The highest BCUT2D eigenvalue weighted by molar-refractivity contribution is 5.94. The molecule has 1 saturated heterocycles. The number of rotatable bonds is 6. The molecule has 1 fully saturated rings. The van der Waals surface area contributed by atoms with E-state index in [0.717, 1.165) is 17.7 Å².